The van der Waals surface area contributed by atoms with E-state index in [4.69, 9.17) is 10.8 Å². The molecule has 1 aromatic rings. The van der Waals surface area contributed by atoms with Crippen LogP contribution in [0.2, 0.25) is 0 Å². The molecule has 8 heteroatoms. The number of aromatic amines is 1. The molecule has 1 atom stereocenters. The van der Waals surface area contributed by atoms with Gasteiger partial charge in [0, 0.05) is 19.5 Å². The Morgan fingerprint density at radius 3 is 2.83 bits per heavy atom. The molecule has 1 aliphatic heterocycles. The highest BCUT2D eigenvalue weighted by Crippen LogP contribution is 2.20. The number of amides is 1. The molecule has 0 spiro atoms. The Kier molecular flexibility index (Phi) is 3.04. The molecule has 0 aliphatic carbocycles. The minimum absolute atomic E-state index is 0.0167. The Labute approximate surface area is 103 Å². The zero-order valence-corrected chi connectivity index (χ0v) is 10.0. The summed E-state index contributed by atoms with van der Waals surface area (Å²) < 4.78 is 0. The first-order valence-corrected chi connectivity index (χ1v) is 5.69. The molecular formula is C10H15N5O3. The van der Waals surface area contributed by atoms with E-state index < -0.39 is 11.5 Å². The van der Waals surface area contributed by atoms with Crippen LogP contribution in [0.1, 0.15) is 29.8 Å². The van der Waals surface area contributed by atoms with Crippen LogP contribution in [0, 0.1) is 0 Å². The van der Waals surface area contributed by atoms with E-state index in [1.165, 1.54) is 4.90 Å². The third-order valence-electron chi connectivity index (χ3n) is 3.07. The van der Waals surface area contributed by atoms with Crippen molar-refractivity contribution in [1.29, 1.82) is 0 Å². The Morgan fingerprint density at radius 1 is 1.61 bits per heavy atom. The second-order valence-electron chi connectivity index (χ2n) is 4.40. The molecule has 1 aromatic heterocycles. The molecule has 4 N–H and O–H groups in total. The lowest BCUT2D eigenvalue weighted by molar-refractivity contribution is -0.142. The second-order valence-corrected chi connectivity index (χ2v) is 4.40. The number of rotatable bonds is 3. The number of nitrogens with two attached hydrogens (primary N) is 1. The normalized spacial score (nSPS) is 23.3. The number of carbonyl (C=O) groups is 2. The number of carboxylic acid groups (broad SMARTS) is 1. The van der Waals surface area contributed by atoms with Crippen molar-refractivity contribution in [3.05, 3.63) is 11.6 Å². The number of H-pyrrole nitrogens is 1. The summed E-state index contributed by atoms with van der Waals surface area (Å²) in [7, 11) is 0. The number of likely N-dealkylation sites (tertiary alicyclic amines) is 1. The summed E-state index contributed by atoms with van der Waals surface area (Å²) >= 11 is 0. The van der Waals surface area contributed by atoms with Gasteiger partial charge in [-0.1, -0.05) is 6.92 Å². The smallest absolute Gasteiger partial charge is 0.325 e. The van der Waals surface area contributed by atoms with E-state index in [1.54, 1.807) is 0 Å². The SMILES string of the molecule is CCc1nc(C(=O)N2CCC(N)(C(=O)O)C2)n[nH]1. The quantitative estimate of drug-likeness (QED) is 0.634. The van der Waals surface area contributed by atoms with Gasteiger partial charge in [-0.05, 0) is 6.42 Å². The zero-order chi connectivity index (χ0) is 13.3. The third kappa shape index (κ3) is 2.06. The lowest BCUT2D eigenvalue weighted by Gasteiger charge is -2.18. The van der Waals surface area contributed by atoms with Crippen molar-refractivity contribution in [2.75, 3.05) is 13.1 Å². The van der Waals surface area contributed by atoms with E-state index in [-0.39, 0.29) is 24.7 Å². The molecule has 18 heavy (non-hydrogen) atoms. The molecule has 1 fully saturated rings. The largest absolute Gasteiger partial charge is 0.480 e. The van der Waals surface area contributed by atoms with Crippen molar-refractivity contribution in [2.24, 2.45) is 5.73 Å². The first kappa shape index (κ1) is 12.5. The van der Waals surface area contributed by atoms with E-state index in [0.717, 1.165) is 0 Å². The summed E-state index contributed by atoms with van der Waals surface area (Å²) in [5.41, 5.74) is 4.34. The van der Waals surface area contributed by atoms with Crippen molar-refractivity contribution in [1.82, 2.24) is 20.1 Å². The molecular weight excluding hydrogens is 238 g/mol. The van der Waals surface area contributed by atoms with Crippen LogP contribution in [-0.4, -0.2) is 55.7 Å². The monoisotopic (exact) mass is 253 g/mol. The summed E-state index contributed by atoms with van der Waals surface area (Å²) in [6.45, 7) is 2.18. The number of carbonyl (C=O) groups excluding carboxylic acids is 1. The highest BCUT2D eigenvalue weighted by atomic mass is 16.4. The second kappa shape index (κ2) is 4.37. The Bertz CT molecular complexity index is 486. The number of aryl methyl sites for hydroxylation is 1. The molecule has 0 bridgehead atoms. The minimum Gasteiger partial charge on any atom is -0.480 e. The Hall–Kier alpha value is -1.96. The maximum atomic E-state index is 12.0. The highest BCUT2D eigenvalue weighted by molar-refractivity contribution is 5.92. The summed E-state index contributed by atoms with van der Waals surface area (Å²) in [6.07, 6.45) is 0.884. The van der Waals surface area contributed by atoms with Crippen molar-refractivity contribution in [3.8, 4) is 0 Å². The fraction of sp³-hybridized carbons (Fsp3) is 0.600. The average molecular weight is 253 g/mol. The van der Waals surface area contributed by atoms with Gasteiger partial charge in [-0.3, -0.25) is 14.7 Å². The molecule has 1 amide bonds. The topological polar surface area (TPSA) is 125 Å². The summed E-state index contributed by atoms with van der Waals surface area (Å²) in [4.78, 5) is 28.4. The van der Waals surface area contributed by atoms with E-state index in [9.17, 15) is 9.59 Å². The van der Waals surface area contributed by atoms with Crippen LogP contribution in [0.25, 0.3) is 0 Å². The molecule has 8 nitrogen and oxygen atoms in total. The standard InChI is InChI=1S/C10H15N5O3/c1-2-6-12-7(14-13-6)8(16)15-4-3-10(11,5-15)9(17)18/h2-5,11H2,1H3,(H,17,18)(H,12,13,14). The molecule has 0 saturated carbocycles. The molecule has 1 saturated heterocycles. The summed E-state index contributed by atoms with van der Waals surface area (Å²) in [5, 5.41) is 15.4. The van der Waals surface area contributed by atoms with Crippen LogP contribution in [0.4, 0.5) is 0 Å². The molecule has 2 rings (SSSR count). The molecule has 2 heterocycles. The van der Waals surface area contributed by atoms with Crippen molar-refractivity contribution < 1.29 is 14.7 Å². The van der Waals surface area contributed by atoms with Gasteiger partial charge in [-0.2, -0.15) is 0 Å². The Morgan fingerprint density at radius 2 is 2.33 bits per heavy atom. The fourth-order valence-electron chi connectivity index (χ4n) is 1.87. The van der Waals surface area contributed by atoms with Gasteiger partial charge in [0.25, 0.3) is 5.91 Å². The third-order valence-corrected chi connectivity index (χ3v) is 3.07. The number of aliphatic carboxylic acids is 1. The highest BCUT2D eigenvalue weighted by Gasteiger charge is 2.43. The number of aromatic nitrogens is 3. The molecule has 0 radical (unpaired) electrons. The number of carboxylic acids is 1. The van der Waals surface area contributed by atoms with Gasteiger partial charge >= 0.3 is 5.97 Å². The van der Waals surface area contributed by atoms with E-state index >= 15 is 0 Å². The van der Waals surface area contributed by atoms with Crippen LogP contribution < -0.4 is 5.73 Å². The van der Waals surface area contributed by atoms with Gasteiger partial charge in [0.05, 0.1) is 0 Å². The summed E-state index contributed by atoms with van der Waals surface area (Å²) in [6, 6.07) is 0. The van der Waals surface area contributed by atoms with Crippen molar-refractivity contribution in [3.63, 3.8) is 0 Å². The van der Waals surface area contributed by atoms with Crippen molar-refractivity contribution in [2.45, 2.75) is 25.3 Å². The predicted molar refractivity (Wildman–Crippen MR) is 60.8 cm³/mol. The molecule has 1 unspecified atom stereocenters. The van der Waals surface area contributed by atoms with Crippen LogP contribution in [0.3, 0.4) is 0 Å². The van der Waals surface area contributed by atoms with Gasteiger partial charge in [0.15, 0.2) is 0 Å². The minimum atomic E-state index is -1.36. The van der Waals surface area contributed by atoms with E-state index in [0.29, 0.717) is 18.8 Å². The van der Waals surface area contributed by atoms with Crippen LogP contribution in [0.5, 0.6) is 0 Å². The van der Waals surface area contributed by atoms with Crippen LogP contribution >= 0.6 is 0 Å². The fourth-order valence-corrected chi connectivity index (χ4v) is 1.87. The summed E-state index contributed by atoms with van der Waals surface area (Å²) in [5.74, 6) is -0.808. The number of hydrogen-bond acceptors (Lipinski definition) is 5. The van der Waals surface area contributed by atoms with Gasteiger partial charge in [-0.25, -0.2) is 4.98 Å². The van der Waals surface area contributed by atoms with E-state index in [2.05, 4.69) is 15.2 Å². The number of nitrogens with one attached hydrogen (secondary N) is 1. The first-order chi connectivity index (χ1) is 8.46. The van der Waals surface area contributed by atoms with Crippen LogP contribution in [0.15, 0.2) is 0 Å². The van der Waals surface area contributed by atoms with Crippen LogP contribution in [-0.2, 0) is 11.2 Å². The number of hydrogen-bond donors (Lipinski definition) is 3. The van der Waals surface area contributed by atoms with Gasteiger partial charge in [0.2, 0.25) is 5.82 Å². The predicted octanol–water partition coefficient (Wildman–Crippen LogP) is -1.00. The molecule has 0 aromatic carbocycles. The van der Waals surface area contributed by atoms with E-state index in [1.807, 2.05) is 6.92 Å². The average Bonchev–Trinajstić information content (AvgIpc) is 2.95. The van der Waals surface area contributed by atoms with Crippen molar-refractivity contribution >= 4 is 11.9 Å². The zero-order valence-electron chi connectivity index (χ0n) is 10.0. The lowest BCUT2D eigenvalue weighted by Crippen LogP contribution is -2.50. The first-order valence-electron chi connectivity index (χ1n) is 5.69. The Balaban J connectivity index is 2.10. The molecule has 98 valence electrons. The van der Waals surface area contributed by atoms with Gasteiger partial charge < -0.3 is 15.7 Å². The van der Waals surface area contributed by atoms with Gasteiger partial charge in [-0.15, -0.1) is 5.10 Å². The van der Waals surface area contributed by atoms with Gasteiger partial charge in [0.1, 0.15) is 11.4 Å². The maximum absolute atomic E-state index is 12.0. The lowest BCUT2D eigenvalue weighted by atomic mass is 10.0. The number of nitrogens with zero attached hydrogens (tertiary/aromatic N) is 3. The molecule has 1 aliphatic rings. The maximum Gasteiger partial charge on any atom is 0.325 e.